The van der Waals surface area contributed by atoms with Gasteiger partial charge >= 0.3 is 0 Å². The van der Waals surface area contributed by atoms with E-state index in [1.807, 2.05) is 0 Å². The second-order valence-electron chi connectivity index (χ2n) is 6.68. The number of halogens is 2. The van der Waals surface area contributed by atoms with Crippen LogP contribution in [0.5, 0.6) is 0 Å². The molecule has 1 aliphatic heterocycles. The highest BCUT2D eigenvalue weighted by molar-refractivity contribution is 6.31. The Bertz CT molecular complexity index is 829. The predicted molar refractivity (Wildman–Crippen MR) is 102 cm³/mol. The average molecular weight is 409 g/mol. The van der Waals surface area contributed by atoms with Gasteiger partial charge in [-0.05, 0) is 19.1 Å². The first-order chi connectivity index (χ1) is 13.4. The first kappa shape index (κ1) is 20.3. The summed E-state index contributed by atoms with van der Waals surface area (Å²) < 4.78 is 18.7. The van der Waals surface area contributed by atoms with Gasteiger partial charge in [-0.3, -0.25) is 14.5 Å². The van der Waals surface area contributed by atoms with Crippen LogP contribution in [0.15, 0.2) is 28.8 Å². The predicted octanol–water partition coefficient (Wildman–Crippen LogP) is 1.89. The van der Waals surface area contributed by atoms with Crippen molar-refractivity contribution >= 4 is 23.4 Å². The van der Waals surface area contributed by atoms with Crippen LogP contribution >= 0.6 is 11.6 Å². The molecule has 3 rings (SSSR count). The molecule has 2 amide bonds. The van der Waals surface area contributed by atoms with Crippen LogP contribution in [0, 0.1) is 12.7 Å². The lowest BCUT2D eigenvalue weighted by Gasteiger charge is -2.34. The number of carbonyl (C=O) groups is 2. The van der Waals surface area contributed by atoms with E-state index in [9.17, 15) is 14.0 Å². The second-order valence-corrected chi connectivity index (χ2v) is 7.09. The Balaban J connectivity index is 1.38. The zero-order valence-electron chi connectivity index (χ0n) is 15.6. The Morgan fingerprint density at radius 1 is 1.29 bits per heavy atom. The lowest BCUT2D eigenvalue weighted by molar-refractivity contribution is -0.120. The van der Waals surface area contributed by atoms with Crippen molar-refractivity contribution in [3.8, 4) is 0 Å². The topological polar surface area (TPSA) is 78.7 Å². The first-order valence-electron chi connectivity index (χ1n) is 9.08. The lowest BCUT2D eigenvalue weighted by atomic mass is 10.1. The van der Waals surface area contributed by atoms with Crippen LogP contribution in [-0.4, -0.2) is 66.0 Å². The standard InChI is InChI=1S/C19H22ClFN4O3/c1-13-11-17(23-28-13)19(27)25-9-7-24(8-10-25)6-5-22-18(26)12-14-15(20)3-2-4-16(14)21/h2-4,11H,5-10,12H2,1H3,(H,22,26). The number of amides is 2. The van der Waals surface area contributed by atoms with Crippen LogP contribution in [0.4, 0.5) is 4.39 Å². The Morgan fingerprint density at radius 3 is 2.68 bits per heavy atom. The van der Waals surface area contributed by atoms with Gasteiger partial charge in [0.25, 0.3) is 5.91 Å². The summed E-state index contributed by atoms with van der Waals surface area (Å²) in [6, 6.07) is 5.99. The zero-order valence-corrected chi connectivity index (χ0v) is 16.3. The number of hydrogen-bond donors (Lipinski definition) is 1. The molecule has 1 saturated heterocycles. The highest BCUT2D eigenvalue weighted by Gasteiger charge is 2.24. The molecule has 1 aromatic heterocycles. The van der Waals surface area contributed by atoms with Crippen LogP contribution in [0.3, 0.4) is 0 Å². The maximum atomic E-state index is 13.7. The summed E-state index contributed by atoms with van der Waals surface area (Å²) in [7, 11) is 0. The fourth-order valence-corrected chi connectivity index (χ4v) is 3.31. The van der Waals surface area contributed by atoms with Gasteiger partial charge in [0.05, 0.1) is 6.42 Å². The number of hydrogen-bond acceptors (Lipinski definition) is 5. The number of aryl methyl sites for hydroxylation is 1. The monoisotopic (exact) mass is 408 g/mol. The van der Waals surface area contributed by atoms with Gasteiger partial charge in [0, 0.05) is 55.9 Å². The molecule has 7 nitrogen and oxygen atoms in total. The van der Waals surface area contributed by atoms with Crippen molar-refractivity contribution in [3.05, 3.63) is 52.1 Å². The molecule has 0 spiro atoms. The van der Waals surface area contributed by atoms with E-state index in [2.05, 4.69) is 15.4 Å². The smallest absolute Gasteiger partial charge is 0.276 e. The zero-order chi connectivity index (χ0) is 20.1. The molecule has 1 N–H and O–H groups in total. The number of rotatable bonds is 6. The second kappa shape index (κ2) is 9.16. The van der Waals surface area contributed by atoms with E-state index in [0.717, 1.165) is 0 Å². The first-order valence-corrected chi connectivity index (χ1v) is 9.46. The molecule has 9 heteroatoms. The van der Waals surface area contributed by atoms with Crippen LogP contribution in [-0.2, 0) is 11.2 Å². The van der Waals surface area contributed by atoms with Crippen molar-refractivity contribution < 1.29 is 18.5 Å². The van der Waals surface area contributed by atoms with Crippen LogP contribution in [0.25, 0.3) is 0 Å². The Kier molecular flexibility index (Phi) is 6.64. The van der Waals surface area contributed by atoms with Gasteiger partial charge in [-0.1, -0.05) is 22.8 Å². The maximum absolute atomic E-state index is 13.7. The molecular formula is C19H22ClFN4O3. The van der Waals surface area contributed by atoms with Gasteiger partial charge in [0.2, 0.25) is 5.91 Å². The number of piperazine rings is 1. The van der Waals surface area contributed by atoms with Crippen LogP contribution in [0.1, 0.15) is 21.8 Å². The van der Waals surface area contributed by atoms with Gasteiger partial charge in [0.15, 0.2) is 5.69 Å². The molecule has 150 valence electrons. The third kappa shape index (κ3) is 5.08. The molecule has 0 unspecified atom stereocenters. The molecule has 0 aliphatic carbocycles. The SMILES string of the molecule is Cc1cc(C(=O)N2CCN(CCNC(=O)Cc3c(F)cccc3Cl)CC2)no1. The number of benzene rings is 1. The Morgan fingerprint density at radius 2 is 2.04 bits per heavy atom. The summed E-state index contributed by atoms with van der Waals surface area (Å²) >= 11 is 5.94. The molecule has 1 aromatic carbocycles. The molecule has 1 fully saturated rings. The van der Waals surface area contributed by atoms with Gasteiger partial charge in [-0.15, -0.1) is 0 Å². The molecule has 1 aliphatic rings. The highest BCUT2D eigenvalue weighted by Crippen LogP contribution is 2.19. The summed E-state index contributed by atoms with van der Waals surface area (Å²) in [6.45, 7) is 5.43. The van der Waals surface area contributed by atoms with Crippen molar-refractivity contribution in [3.63, 3.8) is 0 Å². The van der Waals surface area contributed by atoms with Gasteiger partial charge in [0.1, 0.15) is 11.6 Å². The van der Waals surface area contributed by atoms with E-state index in [-0.39, 0.29) is 28.8 Å². The van der Waals surface area contributed by atoms with E-state index >= 15 is 0 Å². The number of aromatic nitrogens is 1. The van der Waals surface area contributed by atoms with Crippen molar-refractivity contribution in [1.29, 1.82) is 0 Å². The van der Waals surface area contributed by atoms with Gasteiger partial charge in [-0.25, -0.2) is 4.39 Å². The molecule has 0 saturated carbocycles. The molecule has 0 radical (unpaired) electrons. The van der Waals surface area contributed by atoms with Crippen LogP contribution < -0.4 is 5.32 Å². The summed E-state index contributed by atoms with van der Waals surface area (Å²) in [4.78, 5) is 28.3. The molecule has 2 heterocycles. The van der Waals surface area contributed by atoms with E-state index in [1.54, 1.807) is 24.0 Å². The number of nitrogens with one attached hydrogen (secondary N) is 1. The van der Waals surface area contributed by atoms with Crippen molar-refractivity contribution in [1.82, 2.24) is 20.3 Å². The number of carbonyl (C=O) groups excluding carboxylic acids is 2. The van der Waals surface area contributed by atoms with Gasteiger partial charge in [-0.2, -0.15) is 0 Å². The third-order valence-corrected chi connectivity index (χ3v) is 5.01. The normalized spacial score (nSPS) is 14.9. The quantitative estimate of drug-likeness (QED) is 0.789. The van der Waals surface area contributed by atoms with Crippen LogP contribution in [0.2, 0.25) is 5.02 Å². The summed E-state index contributed by atoms with van der Waals surface area (Å²) in [6.07, 6.45) is -0.0924. The molecule has 2 aromatic rings. The van der Waals surface area contributed by atoms with E-state index < -0.39 is 5.82 Å². The minimum Gasteiger partial charge on any atom is -0.361 e. The Hall–Kier alpha value is -2.45. The fourth-order valence-electron chi connectivity index (χ4n) is 3.08. The molecule has 28 heavy (non-hydrogen) atoms. The summed E-state index contributed by atoms with van der Waals surface area (Å²) in [5.74, 6) is -0.283. The summed E-state index contributed by atoms with van der Waals surface area (Å²) in [5, 5.41) is 6.80. The van der Waals surface area contributed by atoms with E-state index in [0.29, 0.717) is 50.7 Å². The maximum Gasteiger partial charge on any atom is 0.276 e. The van der Waals surface area contributed by atoms with E-state index in [1.165, 1.54) is 12.1 Å². The Labute approximate surface area is 167 Å². The van der Waals surface area contributed by atoms with Gasteiger partial charge < -0.3 is 14.7 Å². The third-order valence-electron chi connectivity index (χ3n) is 4.66. The summed E-state index contributed by atoms with van der Waals surface area (Å²) in [5.41, 5.74) is 0.530. The molecule has 0 bridgehead atoms. The largest absolute Gasteiger partial charge is 0.361 e. The fraction of sp³-hybridized carbons (Fsp3) is 0.421. The highest BCUT2D eigenvalue weighted by atomic mass is 35.5. The minimum atomic E-state index is -0.481. The molecule has 0 atom stereocenters. The molecular weight excluding hydrogens is 387 g/mol. The van der Waals surface area contributed by atoms with Crippen molar-refractivity contribution in [2.45, 2.75) is 13.3 Å². The minimum absolute atomic E-state index is 0.0924. The number of nitrogens with zero attached hydrogens (tertiary/aromatic N) is 3. The van der Waals surface area contributed by atoms with E-state index in [4.69, 9.17) is 16.1 Å². The van der Waals surface area contributed by atoms with Crippen molar-refractivity contribution in [2.75, 3.05) is 39.3 Å². The average Bonchev–Trinajstić information content (AvgIpc) is 3.11. The lowest BCUT2D eigenvalue weighted by Crippen LogP contribution is -2.50. The van der Waals surface area contributed by atoms with Crippen molar-refractivity contribution in [2.24, 2.45) is 0 Å².